The minimum Gasteiger partial charge on any atom is -0.508 e. The molecule has 0 radical (unpaired) electrons. The van der Waals surface area contributed by atoms with Gasteiger partial charge in [-0.05, 0) is 35.9 Å². The predicted molar refractivity (Wildman–Crippen MR) is 125 cm³/mol. The number of rotatable bonds is 8. The SMILES string of the molecule is CC(=O)OC[C@H]1O[C@@H](Oc2ccc(C(=O)C=Cc3ccc(O)cc3)c(O)c2O)[C@H](O)[C@@H](OC(C)=O)[C@@H]1O. The van der Waals surface area contributed by atoms with Gasteiger partial charge in [-0.3, -0.25) is 14.4 Å². The van der Waals surface area contributed by atoms with Crippen molar-refractivity contribution >= 4 is 23.8 Å². The number of ketones is 1. The van der Waals surface area contributed by atoms with E-state index in [-0.39, 0.29) is 11.3 Å². The normalized spacial score (nSPS) is 23.4. The Hall–Kier alpha value is -4.13. The highest BCUT2D eigenvalue weighted by Crippen LogP contribution is 2.40. The van der Waals surface area contributed by atoms with Gasteiger partial charge in [0.1, 0.15) is 24.6 Å². The van der Waals surface area contributed by atoms with E-state index in [4.69, 9.17) is 18.9 Å². The maximum atomic E-state index is 12.5. The Bertz CT molecular complexity index is 1170. The maximum absolute atomic E-state index is 12.5. The fourth-order valence-electron chi connectivity index (χ4n) is 3.49. The molecule has 0 unspecified atom stereocenters. The number of esters is 2. The highest BCUT2D eigenvalue weighted by atomic mass is 16.7. The molecule has 0 saturated carbocycles. The van der Waals surface area contributed by atoms with Crippen LogP contribution in [0.4, 0.5) is 0 Å². The average molecular weight is 518 g/mol. The molecule has 0 aromatic heterocycles. The van der Waals surface area contributed by atoms with Gasteiger partial charge in [-0.15, -0.1) is 0 Å². The van der Waals surface area contributed by atoms with Crippen LogP contribution < -0.4 is 4.74 Å². The number of aliphatic hydroxyl groups is 2. The number of hydrogen-bond donors (Lipinski definition) is 5. The second kappa shape index (κ2) is 11.7. The molecule has 0 bridgehead atoms. The molecule has 1 saturated heterocycles. The smallest absolute Gasteiger partial charge is 0.303 e. The van der Waals surface area contributed by atoms with Crippen LogP contribution in [0.2, 0.25) is 0 Å². The van der Waals surface area contributed by atoms with Crippen molar-refractivity contribution < 1.29 is 58.9 Å². The summed E-state index contributed by atoms with van der Waals surface area (Å²) >= 11 is 0. The molecule has 0 amide bonds. The third kappa shape index (κ3) is 6.76. The van der Waals surface area contributed by atoms with Crippen LogP contribution in [0, 0.1) is 0 Å². The first-order valence-corrected chi connectivity index (χ1v) is 11.0. The quantitative estimate of drug-likeness (QED) is 0.145. The van der Waals surface area contributed by atoms with E-state index in [1.165, 1.54) is 18.2 Å². The summed E-state index contributed by atoms with van der Waals surface area (Å²) in [4.78, 5) is 35.2. The van der Waals surface area contributed by atoms with Crippen LogP contribution in [0.1, 0.15) is 29.8 Å². The van der Waals surface area contributed by atoms with Gasteiger partial charge in [-0.25, -0.2) is 0 Å². The highest BCUT2D eigenvalue weighted by Gasteiger charge is 2.48. The molecule has 37 heavy (non-hydrogen) atoms. The summed E-state index contributed by atoms with van der Waals surface area (Å²) < 4.78 is 20.8. The number of carbonyl (C=O) groups excluding carboxylic acids is 3. The standard InChI is InChI=1S/C25H26O12/c1-12(26)34-11-19-22(32)24(35-13(2)27)23(33)25(37-19)36-18-10-8-16(20(30)21(18)31)17(29)9-5-14-3-6-15(28)7-4-14/h3-10,19,22-25,28,30-33H,11H2,1-2H3/t19-,22-,23-,24+,25-/m1/s1. The molecule has 0 spiro atoms. The lowest BCUT2D eigenvalue weighted by Gasteiger charge is -2.41. The minimum absolute atomic E-state index is 0.0556. The van der Waals surface area contributed by atoms with E-state index < -0.39 is 72.3 Å². The molecule has 0 aliphatic carbocycles. The van der Waals surface area contributed by atoms with Crippen molar-refractivity contribution in [1.82, 2.24) is 0 Å². The summed E-state index contributed by atoms with van der Waals surface area (Å²) in [6.45, 7) is 1.73. The van der Waals surface area contributed by atoms with Crippen molar-refractivity contribution in [2.75, 3.05) is 6.61 Å². The van der Waals surface area contributed by atoms with Crippen molar-refractivity contribution in [3.8, 4) is 23.0 Å². The molecule has 12 heteroatoms. The monoisotopic (exact) mass is 518 g/mol. The maximum Gasteiger partial charge on any atom is 0.303 e. The number of allylic oxidation sites excluding steroid dienone is 1. The van der Waals surface area contributed by atoms with Gasteiger partial charge in [0.15, 0.2) is 29.5 Å². The van der Waals surface area contributed by atoms with Crippen molar-refractivity contribution in [3.63, 3.8) is 0 Å². The fourth-order valence-corrected chi connectivity index (χ4v) is 3.49. The van der Waals surface area contributed by atoms with Crippen molar-refractivity contribution in [1.29, 1.82) is 0 Å². The van der Waals surface area contributed by atoms with E-state index >= 15 is 0 Å². The molecule has 2 aromatic rings. The molecular weight excluding hydrogens is 492 g/mol. The van der Waals surface area contributed by atoms with Gasteiger partial charge in [-0.2, -0.15) is 0 Å². The topological polar surface area (TPSA) is 189 Å². The van der Waals surface area contributed by atoms with Crippen molar-refractivity contribution in [2.24, 2.45) is 0 Å². The number of phenols is 3. The van der Waals surface area contributed by atoms with E-state index in [2.05, 4.69) is 0 Å². The molecule has 3 rings (SSSR count). The number of ether oxygens (including phenoxy) is 4. The van der Waals surface area contributed by atoms with Crippen LogP contribution in [-0.4, -0.2) is 80.6 Å². The molecule has 1 aliphatic rings. The number of aromatic hydroxyl groups is 3. The van der Waals surface area contributed by atoms with Crippen LogP contribution in [0.5, 0.6) is 23.0 Å². The Kier molecular flexibility index (Phi) is 8.71. The van der Waals surface area contributed by atoms with Gasteiger partial charge in [0.2, 0.25) is 12.0 Å². The van der Waals surface area contributed by atoms with Gasteiger partial charge in [0, 0.05) is 13.8 Å². The fraction of sp³-hybridized carbons (Fsp3) is 0.320. The number of hydrogen-bond acceptors (Lipinski definition) is 12. The second-order valence-electron chi connectivity index (χ2n) is 8.12. The minimum atomic E-state index is -1.75. The van der Waals surface area contributed by atoms with E-state index in [9.17, 15) is 39.9 Å². The van der Waals surface area contributed by atoms with Gasteiger partial charge in [0.25, 0.3) is 0 Å². The highest BCUT2D eigenvalue weighted by molar-refractivity contribution is 6.09. The first kappa shape index (κ1) is 27.5. The summed E-state index contributed by atoms with van der Waals surface area (Å²) in [5.74, 6) is -4.14. The van der Waals surface area contributed by atoms with Gasteiger partial charge >= 0.3 is 11.9 Å². The van der Waals surface area contributed by atoms with Gasteiger partial charge in [-0.1, -0.05) is 18.2 Å². The molecule has 2 aromatic carbocycles. The number of carbonyl (C=O) groups is 3. The zero-order valence-electron chi connectivity index (χ0n) is 19.8. The van der Waals surface area contributed by atoms with Crippen LogP contribution in [0.15, 0.2) is 42.5 Å². The van der Waals surface area contributed by atoms with Gasteiger partial charge in [0.05, 0.1) is 5.56 Å². The first-order chi connectivity index (χ1) is 17.5. The lowest BCUT2D eigenvalue weighted by Crippen LogP contribution is -2.61. The van der Waals surface area contributed by atoms with Crippen LogP contribution in [0.25, 0.3) is 6.08 Å². The molecule has 198 valence electrons. The van der Waals surface area contributed by atoms with E-state index in [1.54, 1.807) is 12.1 Å². The Morgan fingerprint density at radius 1 is 0.919 bits per heavy atom. The van der Waals surface area contributed by atoms with Crippen LogP contribution >= 0.6 is 0 Å². The molecule has 1 fully saturated rings. The average Bonchev–Trinajstić information content (AvgIpc) is 2.84. The lowest BCUT2D eigenvalue weighted by molar-refractivity contribution is -0.282. The van der Waals surface area contributed by atoms with Crippen molar-refractivity contribution in [2.45, 2.75) is 44.6 Å². The summed E-state index contributed by atoms with van der Waals surface area (Å²) in [5.41, 5.74) is 0.344. The van der Waals surface area contributed by atoms with Crippen molar-refractivity contribution in [3.05, 3.63) is 53.6 Å². The largest absolute Gasteiger partial charge is 0.508 e. The Balaban J connectivity index is 1.80. The zero-order valence-corrected chi connectivity index (χ0v) is 19.8. The Morgan fingerprint density at radius 3 is 2.22 bits per heavy atom. The number of benzene rings is 2. The summed E-state index contributed by atoms with van der Waals surface area (Å²) in [6, 6.07) is 8.30. The summed E-state index contributed by atoms with van der Waals surface area (Å²) in [7, 11) is 0. The second-order valence-corrected chi connectivity index (χ2v) is 8.12. The number of phenolic OH excluding ortho intramolecular Hbond substituents is 3. The van der Waals surface area contributed by atoms with Crippen LogP contribution in [-0.2, 0) is 23.8 Å². The molecule has 1 heterocycles. The van der Waals surface area contributed by atoms with E-state index in [1.807, 2.05) is 0 Å². The van der Waals surface area contributed by atoms with Crippen LogP contribution in [0.3, 0.4) is 0 Å². The third-order valence-electron chi connectivity index (χ3n) is 5.34. The predicted octanol–water partition coefficient (Wildman–Crippen LogP) is 1.02. The molecule has 12 nitrogen and oxygen atoms in total. The Morgan fingerprint density at radius 2 is 1.59 bits per heavy atom. The lowest BCUT2D eigenvalue weighted by atomic mass is 9.99. The third-order valence-corrected chi connectivity index (χ3v) is 5.34. The molecular formula is C25H26O12. The summed E-state index contributed by atoms with van der Waals surface area (Å²) in [6.07, 6.45) is -5.18. The Labute approximate surface area is 210 Å². The number of aliphatic hydroxyl groups excluding tert-OH is 2. The van der Waals surface area contributed by atoms with E-state index in [0.29, 0.717) is 5.56 Å². The first-order valence-electron chi connectivity index (χ1n) is 11.0. The summed E-state index contributed by atoms with van der Waals surface area (Å²) in [5, 5.41) is 51.2. The molecule has 1 aliphatic heterocycles. The van der Waals surface area contributed by atoms with Gasteiger partial charge < -0.3 is 44.5 Å². The van der Waals surface area contributed by atoms with E-state index in [0.717, 1.165) is 32.1 Å². The zero-order chi connectivity index (χ0) is 27.3. The molecule has 5 N–H and O–H groups in total. The molecule has 5 atom stereocenters.